The highest BCUT2D eigenvalue weighted by Gasteiger charge is 2.31. The molecule has 2 nitrogen and oxygen atoms in total. The Bertz CT molecular complexity index is 112. The van der Waals surface area contributed by atoms with Crippen molar-refractivity contribution in [3.8, 4) is 0 Å². The van der Waals surface area contributed by atoms with Crippen molar-refractivity contribution < 1.29 is 0 Å². The highest BCUT2D eigenvalue weighted by atomic mass is 15.2. The lowest BCUT2D eigenvalue weighted by molar-refractivity contribution is 0.138. The lowest BCUT2D eigenvalue weighted by Gasteiger charge is -2.39. The first-order valence-electron chi connectivity index (χ1n) is 4.36. The Balaban J connectivity index is 1.78. The highest BCUT2D eigenvalue weighted by Crippen LogP contribution is 2.26. The Morgan fingerprint density at radius 1 is 1.10 bits per heavy atom. The quantitative estimate of drug-likeness (QED) is 0.577. The number of rotatable bonds is 1. The smallest absolute Gasteiger partial charge is 0.0125 e. The van der Waals surface area contributed by atoms with Crippen LogP contribution < -0.4 is 5.73 Å². The first-order valence-corrected chi connectivity index (χ1v) is 4.36. The summed E-state index contributed by atoms with van der Waals surface area (Å²) in [5.41, 5.74) is 5.71. The van der Waals surface area contributed by atoms with Gasteiger partial charge in [0, 0.05) is 12.1 Å². The van der Waals surface area contributed by atoms with Gasteiger partial charge in [0.15, 0.2) is 0 Å². The van der Waals surface area contributed by atoms with E-state index in [1.807, 2.05) is 0 Å². The molecule has 58 valence electrons. The monoisotopic (exact) mass is 140 g/mol. The van der Waals surface area contributed by atoms with Gasteiger partial charge in [-0.05, 0) is 38.8 Å². The number of hydrogen-bond donors (Lipinski definition) is 1. The molecule has 0 aromatic carbocycles. The van der Waals surface area contributed by atoms with Gasteiger partial charge in [-0.3, -0.25) is 0 Å². The SMILES string of the molecule is NC1CC(N2CCCC2)C1. The minimum absolute atomic E-state index is 0.519. The zero-order chi connectivity index (χ0) is 6.97. The Kier molecular flexibility index (Phi) is 1.66. The van der Waals surface area contributed by atoms with Gasteiger partial charge in [-0.15, -0.1) is 0 Å². The van der Waals surface area contributed by atoms with Crippen LogP contribution in [0.25, 0.3) is 0 Å². The van der Waals surface area contributed by atoms with E-state index >= 15 is 0 Å². The van der Waals surface area contributed by atoms with Gasteiger partial charge in [0.25, 0.3) is 0 Å². The van der Waals surface area contributed by atoms with E-state index < -0.39 is 0 Å². The van der Waals surface area contributed by atoms with Crippen molar-refractivity contribution in [3.05, 3.63) is 0 Å². The minimum Gasteiger partial charge on any atom is -0.328 e. The number of likely N-dealkylation sites (tertiary alicyclic amines) is 1. The summed E-state index contributed by atoms with van der Waals surface area (Å²) in [7, 11) is 0. The molecule has 0 atom stereocenters. The molecular weight excluding hydrogens is 124 g/mol. The standard InChI is InChI=1S/C8H16N2/c9-7-5-8(6-7)10-3-1-2-4-10/h7-8H,1-6,9H2. The maximum atomic E-state index is 5.71. The zero-order valence-electron chi connectivity index (χ0n) is 6.42. The first-order chi connectivity index (χ1) is 4.86. The van der Waals surface area contributed by atoms with Crippen LogP contribution in [-0.2, 0) is 0 Å². The van der Waals surface area contributed by atoms with Crippen molar-refractivity contribution in [2.45, 2.75) is 37.8 Å². The number of hydrogen-bond acceptors (Lipinski definition) is 2. The molecule has 0 bridgehead atoms. The van der Waals surface area contributed by atoms with Gasteiger partial charge in [-0.25, -0.2) is 0 Å². The summed E-state index contributed by atoms with van der Waals surface area (Å²) in [6.45, 7) is 2.66. The summed E-state index contributed by atoms with van der Waals surface area (Å²) < 4.78 is 0. The second kappa shape index (κ2) is 2.51. The van der Waals surface area contributed by atoms with E-state index in [2.05, 4.69) is 4.90 Å². The summed E-state index contributed by atoms with van der Waals surface area (Å²) in [4.78, 5) is 2.60. The van der Waals surface area contributed by atoms with E-state index in [-0.39, 0.29) is 0 Å². The second-order valence-corrected chi connectivity index (χ2v) is 3.63. The third-order valence-electron chi connectivity index (χ3n) is 2.81. The van der Waals surface area contributed by atoms with Gasteiger partial charge in [0.1, 0.15) is 0 Å². The summed E-state index contributed by atoms with van der Waals surface area (Å²) >= 11 is 0. The van der Waals surface area contributed by atoms with E-state index in [0.29, 0.717) is 6.04 Å². The number of nitrogens with two attached hydrogens (primary N) is 1. The van der Waals surface area contributed by atoms with Crippen LogP contribution in [0.4, 0.5) is 0 Å². The fraction of sp³-hybridized carbons (Fsp3) is 1.00. The molecule has 2 aliphatic rings. The normalized spacial score (nSPS) is 41.7. The summed E-state index contributed by atoms with van der Waals surface area (Å²) in [6.07, 6.45) is 5.32. The second-order valence-electron chi connectivity index (χ2n) is 3.63. The fourth-order valence-corrected chi connectivity index (χ4v) is 2.03. The molecule has 1 saturated heterocycles. The molecule has 1 aliphatic heterocycles. The summed E-state index contributed by atoms with van der Waals surface area (Å²) in [6, 6.07) is 1.38. The molecule has 1 saturated carbocycles. The molecule has 2 fully saturated rings. The van der Waals surface area contributed by atoms with Crippen LogP contribution >= 0.6 is 0 Å². The molecule has 2 rings (SSSR count). The maximum Gasteiger partial charge on any atom is 0.0125 e. The third kappa shape index (κ3) is 1.06. The van der Waals surface area contributed by atoms with E-state index in [9.17, 15) is 0 Å². The molecular formula is C8H16N2. The lowest BCUT2D eigenvalue weighted by Crippen LogP contribution is -2.49. The molecule has 1 aliphatic carbocycles. The van der Waals surface area contributed by atoms with Crippen molar-refractivity contribution in [1.29, 1.82) is 0 Å². The predicted molar refractivity (Wildman–Crippen MR) is 41.8 cm³/mol. The van der Waals surface area contributed by atoms with Crippen molar-refractivity contribution in [1.82, 2.24) is 4.90 Å². The van der Waals surface area contributed by atoms with Crippen LogP contribution in [0.3, 0.4) is 0 Å². The molecule has 0 spiro atoms. The molecule has 10 heavy (non-hydrogen) atoms. The highest BCUT2D eigenvalue weighted by molar-refractivity contribution is 4.90. The number of nitrogens with zero attached hydrogens (tertiary/aromatic N) is 1. The maximum absolute atomic E-state index is 5.71. The van der Waals surface area contributed by atoms with Gasteiger partial charge in [0.05, 0.1) is 0 Å². The fourth-order valence-electron chi connectivity index (χ4n) is 2.03. The Morgan fingerprint density at radius 2 is 1.70 bits per heavy atom. The van der Waals surface area contributed by atoms with Crippen molar-refractivity contribution >= 4 is 0 Å². The average Bonchev–Trinajstić information content (AvgIpc) is 2.31. The zero-order valence-corrected chi connectivity index (χ0v) is 6.42. The van der Waals surface area contributed by atoms with Crippen molar-refractivity contribution in [2.24, 2.45) is 5.73 Å². The van der Waals surface area contributed by atoms with Gasteiger partial charge < -0.3 is 10.6 Å². The molecule has 0 amide bonds. The van der Waals surface area contributed by atoms with Crippen LogP contribution in [0, 0.1) is 0 Å². The van der Waals surface area contributed by atoms with Crippen LogP contribution in [0.2, 0.25) is 0 Å². The lowest BCUT2D eigenvalue weighted by atomic mass is 9.86. The average molecular weight is 140 g/mol. The van der Waals surface area contributed by atoms with Crippen LogP contribution in [0.5, 0.6) is 0 Å². The molecule has 1 heterocycles. The Morgan fingerprint density at radius 3 is 2.20 bits per heavy atom. The van der Waals surface area contributed by atoms with E-state index in [4.69, 9.17) is 5.73 Å². The largest absolute Gasteiger partial charge is 0.328 e. The Labute approximate surface area is 62.4 Å². The molecule has 0 aromatic rings. The molecule has 2 heteroatoms. The van der Waals surface area contributed by atoms with Crippen molar-refractivity contribution in [2.75, 3.05) is 13.1 Å². The van der Waals surface area contributed by atoms with Gasteiger partial charge in [-0.1, -0.05) is 0 Å². The molecule has 0 unspecified atom stereocenters. The molecule has 0 aromatic heterocycles. The van der Waals surface area contributed by atoms with E-state index in [0.717, 1.165) is 6.04 Å². The summed E-state index contributed by atoms with van der Waals surface area (Å²) in [5, 5.41) is 0. The predicted octanol–water partition coefficient (Wildman–Crippen LogP) is 0.572. The van der Waals surface area contributed by atoms with Gasteiger partial charge >= 0.3 is 0 Å². The van der Waals surface area contributed by atoms with Gasteiger partial charge in [-0.2, -0.15) is 0 Å². The van der Waals surface area contributed by atoms with Crippen LogP contribution in [0.1, 0.15) is 25.7 Å². The van der Waals surface area contributed by atoms with Crippen LogP contribution in [-0.4, -0.2) is 30.1 Å². The Hall–Kier alpha value is -0.0800. The third-order valence-corrected chi connectivity index (χ3v) is 2.81. The molecule has 0 radical (unpaired) electrons. The van der Waals surface area contributed by atoms with E-state index in [1.165, 1.54) is 38.8 Å². The first kappa shape index (κ1) is 6.62. The molecule has 2 N–H and O–H groups in total. The summed E-state index contributed by atoms with van der Waals surface area (Å²) in [5.74, 6) is 0. The van der Waals surface area contributed by atoms with Crippen molar-refractivity contribution in [3.63, 3.8) is 0 Å². The van der Waals surface area contributed by atoms with E-state index in [1.54, 1.807) is 0 Å². The van der Waals surface area contributed by atoms with Gasteiger partial charge in [0.2, 0.25) is 0 Å². The minimum atomic E-state index is 0.519. The van der Waals surface area contributed by atoms with Crippen LogP contribution in [0.15, 0.2) is 0 Å². The topological polar surface area (TPSA) is 29.3 Å².